The van der Waals surface area contributed by atoms with Crippen LogP contribution in [-0.4, -0.2) is 25.8 Å². The summed E-state index contributed by atoms with van der Waals surface area (Å²) in [4.78, 5) is 15.5. The average Bonchev–Trinajstić information content (AvgIpc) is 2.69. The van der Waals surface area contributed by atoms with E-state index in [0.29, 0.717) is 11.3 Å². The predicted molar refractivity (Wildman–Crippen MR) is 98.7 cm³/mol. The lowest BCUT2D eigenvalue weighted by molar-refractivity contribution is 0.318. The van der Waals surface area contributed by atoms with Crippen molar-refractivity contribution in [1.82, 2.24) is 14.8 Å². The third-order valence-electron chi connectivity index (χ3n) is 4.03. The van der Waals surface area contributed by atoms with Crippen molar-refractivity contribution < 1.29 is 18.4 Å². The van der Waals surface area contributed by atoms with E-state index >= 15 is 0 Å². The standard InChI is InChI=1S/C18H15F3N6O2/c1-9-2-3-11(17(22)26-29)6-14(9)24-18-25-15(28)7-23-27(18)8-10-4-12(19)16(21)13(20)5-10/h2-7,29H,8H2,1H3,(H2,22,26)(H,24,25,28). The predicted octanol–water partition coefficient (Wildman–Crippen LogP) is 2.25. The van der Waals surface area contributed by atoms with Gasteiger partial charge in [0, 0.05) is 11.3 Å². The smallest absolute Gasteiger partial charge is 0.293 e. The maximum atomic E-state index is 13.5. The summed E-state index contributed by atoms with van der Waals surface area (Å²) in [6, 6.07) is 6.53. The number of aromatic nitrogens is 3. The summed E-state index contributed by atoms with van der Waals surface area (Å²) in [6.07, 6.45) is 0.932. The minimum Gasteiger partial charge on any atom is -0.409 e. The van der Waals surface area contributed by atoms with E-state index in [9.17, 15) is 18.0 Å². The lowest BCUT2D eigenvalue weighted by Gasteiger charge is -2.15. The van der Waals surface area contributed by atoms with E-state index in [0.717, 1.165) is 23.9 Å². The van der Waals surface area contributed by atoms with Crippen LogP contribution in [0.15, 0.2) is 46.5 Å². The van der Waals surface area contributed by atoms with Crippen molar-refractivity contribution in [3.63, 3.8) is 0 Å². The second-order valence-electron chi connectivity index (χ2n) is 6.09. The molecule has 150 valence electrons. The van der Waals surface area contributed by atoms with Crippen LogP contribution >= 0.6 is 0 Å². The summed E-state index contributed by atoms with van der Waals surface area (Å²) < 4.78 is 41.3. The molecule has 8 nitrogen and oxygen atoms in total. The Balaban J connectivity index is 1.99. The molecule has 11 heteroatoms. The summed E-state index contributed by atoms with van der Waals surface area (Å²) >= 11 is 0. The highest BCUT2D eigenvalue weighted by atomic mass is 19.2. The van der Waals surface area contributed by atoms with Gasteiger partial charge in [-0.1, -0.05) is 17.3 Å². The molecule has 0 aliphatic rings. The zero-order chi connectivity index (χ0) is 21.1. The maximum absolute atomic E-state index is 13.5. The van der Waals surface area contributed by atoms with Gasteiger partial charge in [0.05, 0.1) is 6.54 Å². The molecule has 1 aromatic heterocycles. The first-order valence-corrected chi connectivity index (χ1v) is 8.21. The molecule has 0 fully saturated rings. The Hall–Kier alpha value is -3.89. The van der Waals surface area contributed by atoms with E-state index in [4.69, 9.17) is 10.9 Å². The van der Waals surface area contributed by atoms with Crippen LogP contribution < -0.4 is 16.6 Å². The van der Waals surface area contributed by atoms with Crippen LogP contribution in [-0.2, 0) is 6.54 Å². The zero-order valence-electron chi connectivity index (χ0n) is 15.0. The van der Waals surface area contributed by atoms with Crippen LogP contribution in [0.25, 0.3) is 0 Å². The van der Waals surface area contributed by atoms with E-state index in [1.807, 2.05) is 0 Å². The second-order valence-corrected chi connectivity index (χ2v) is 6.09. The molecule has 3 rings (SSSR count). The highest BCUT2D eigenvalue weighted by Gasteiger charge is 2.14. The van der Waals surface area contributed by atoms with Crippen molar-refractivity contribution in [3.05, 3.63) is 81.0 Å². The van der Waals surface area contributed by atoms with Crippen molar-refractivity contribution in [1.29, 1.82) is 0 Å². The Labute approximate surface area is 162 Å². The van der Waals surface area contributed by atoms with E-state index < -0.39 is 23.0 Å². The van der Waals surface area contributed by atoms with Gasteiger partial charge >= 0.3 is 0 Å². The van der Waals surface area contributed by atoms with Crippen LogP contribution in [0.4, 0.5) is 24.8 Å². The summed E-state index contributed by atoms with van der Waals surface area (Å²) in [5.74, 6) is -4.41. The van der Waals surface area contributed by atoms with Gasteiger partial charge in [0.15, 0.2) is 23.3 Å². The van der Waals surface area contributed by atoms with Gasteiger partial charge in [0.2, 0.25) is 5.95 Å². The molecule has 0 unspecified atom stereocenters. The number of nitrogens with zero attached hydrogens (tertiary/aromatic N) is 4. The van der Waals surface area contributed by atoms with Gasteiger partial charge in [-0.15, -0.1) is 0 Å². The van der Waals surface area contributed by atoms with Gasteiger partial charge in [-0.3, -0.25) is 4.79 Å². The number of rotatable bonds is 5. The number of benzene rings is 2. The number of oxime groups is 1. The molecule has 2 aromatic carbocycles. The lowest BCUT2D eigenvalue weighted by atomic mass is 10.1. The summed E-state index contributed by atoms with van der Waals surface area (Å²) in [5.41, 5.74) is 6.63. The molecule has 0 atom stereocenters. The van der Waals surface area contributed by atoms with Gasteiger partial charge in [-0.05, 0) is 36.2 Å². The molecule has 0 saturated heterocycles. The summed E-state index contributed by atoms with van der Waals surface area (Å²) in [6.45, 7) is 1.57. The van der Waals surface area contributed by atoms with Crippen molar-refractivity contribution in [2.75, 3.05) is 5.32 Å². The molecule has 0 radical (unpaired) electrons. The van der Waals surface area contributed by atoms with Crippen LogP contribution in [0.3, 0.4) is 0 Å². The van der Waals surface area contributed by atoms with Crippen LogP contribution in [0.5, 0.6) is 0 Å². The van der Waals surface area contributed by atoms with Crippen LogP contribution in [0, 0.1) is 24.4 Å². The van der Waals surface area contributed by atoms with Gasteiger partial charge in [0.1, 0.15) is 6.20 Å². The third-order valence-corrected chi connectivity index (χ3v) is 4.03. The molecule has 0 aliphatic heterocycles. The normalized spacial score (nSPS) is 11.5. The quantitative estimate of drug-likeness (QED) is 0.197. The second kappa shape index (κ2) is 8.00. The lowest BCUT2D eigenvalue weighted by Crippen LogP contribution is -2.20. The first-order chi connectivity index (χ1) is 13.8. The molecule has 0 saturated carbocycles. The van der Waals surface area contributed by atoms with E-state index in [1.165, 1.54) is 4.68 Å². The van der Waals surface area contributed by atoms with Crippen LogP contribution in [0.2, 0.25) is 0 Å². The van der Waals surface area contributed by atoms with Gasteiger partial charge < -0.3 is 16.3 Å². The highest BCUT2D eigenvalue weighted by molar-refractivity contribution is 5.98. The van der Waals surface area contributed by atoms with Crippen LogP contribution in [0.1, 0.15) is 16.7 Å². The summed E-state index contributed by atoms with van der Waals surface area (Å²) in [7, 11) is 0. The van der Waals surface area contributed by atoms with Crippen molar-refractivity contribution in [3.8, 4) is 0 Å². The fourth-order valence-electron chi connectivity index (χ4n) is 2.54. The molecule has 0 amide bonds. The van der Waals surface area contributed by atoms with E-state index in [2.05, 4.69) is 20.6 Å². The maximum Gasteiger partial charge on any atom is 0.293 e. The molecule has 29 heavy (non-hydrogen) atoms. The topological polar surface area (TPSA) is 118 Å². The number of amidine groups is 1. The Morgan fingerprint density at radius 2 is 1.93 bits per heavy atom. The number of nitrogens with one attached hydrogen (secondary N) is 1. The Bertz CT molecular complexity index is 1140. The Morgan fingerprint density at radius 1 is 1.24 bits per heavy atom. The first kappa shape index (κ1) is 19.9. The Morgan fingerprint density at radius 3 is 2.59 bits per heavy atom. The molecule has 3 aromatic rings. The van der Waals surface area contributed by atoms with Crippen molar-refractivity contribution in [2.45, 2.75) is 13.5 Å². The Kier molecular flexibility index (Phi) is 5.48. The van der Waals surface area contributed by atoms with Gasteiger partial charge in [0.25, 0.3) is 5.56 Å². The molecule has 1 heterocycles. The molecule has 0 bridgehead atoms. The minimum atomic E-state index is -1.58. The molecule has 0 spiro atoms. The number of hydrogen-bond donors (Lipinski definition) is 3. The largest absolute Gasteiger partial charge is 0.409 e. The molecular weight excluding hydrogens is 389 g/mol. The number of aryl methyl sites for hydroxylation is 1. The zero-order valence-corrected chi connectivity index (χ0v) is 15.0. The fraction of sp³-hybridized carbons (Fsp3) is 0.111. The van der Waals surface area contributed by atoms with E-state index in [-0.39, 0.29) is 23.9 Å². The number of halogens is 3. The number of anilines is 2. The number of hydrogen-bond acceptors (Lipinski definition) is 6. The molecule has 0 aliphatic carbocycles. The van der Waals surface area contributed by atoms with Crippen molar-refractivity contribution >= 4 is 17.5 Å². The summed E-state index contributed by atoms with van der Waals surface area (Å²) in [5, 5.41) is 18.6. The molecular formula is C18H15F3N6O2. The van der Waals surface area contributed by atoms with Gasteiger partial charge in [-0.2, -0.15) is 10.1 Å². The third kappa shape index (κ3) is 4.34. The highest BCUT2D eigenvalue weighted by Crippen LogP contribution is 2.21. The molecule has 4 N–H and O–H groups in total. The fourth-order valence-corrected chi connectivity index (χ4v) is 2.54. The first-order valence-electron chi connectivity index (χ1n) is 8.21. The van der Waals surface area contributed by atoms with Gasteiger partial charge in [-0.25, -0.2) is 17.9 Å². The number of nitrogens with two attached hydrogens (primary N) is 1. The monoisotopic (exact) mass is 404 g/mol. The van der Waals surface area contributed by atoms with E-state index in [1.54, 1.807) is 25.1 Å². The van der Waals surface area contributed by atoms with Crippen molar-refractivity contribution in [2.24, 2.45) is 10.9 Å². The average molecular weight is 404 g/mol. The SMILES string of the molecule is Cc1ccc(/C(N)=N/O)cc1Nc1nc(=O)cnn1Cc1cc(F)c(F)c(F)c1. The minimum absolute atomic E-state index is 0.0256.